The van der Waals surface area contributed by atoms with E-state index in [9.17, 15) is 0 Å². The molecule has 0 fully saturated rings. The van der Waals surface area contributed by atoms with Crippen LogP contribution < -0.4 is 5.32 Å². The molecule has 2 heteroatoms. The first-order valence-corrected chi connectivity index (χ1v) is 7.35. The number of hydrogen-bond acceptors (Lipinski definition) is 2. The van der Waals surface area contributed by atoms with Crippen molar-refractivity contribution in [2.75, 3.05) is 0 Å². The van der Waals surface area contributed by atoms with Crippen LogP contribution in [-0.2, 0) is 6.54 Å². The Morgan fingerprint density at radius 1 is 1.05 bits per heavy atom. The van der Waals surface area contributed by atoms with Crippen LogP contribution in [-0.4, -0.2) is 4.98 Å². The normalized spacial score (nSPS) is 12.5. The SMILES string of the molecule is Cc1ccccc1[C@H](C)NCc1ccc2cnccc2c1. The molecule has 1 aromatic heterocycles. The molecule has 0 saturated heterocycles. The van der Waals surface area contributed by atoms with Gasteiger partial charge in [0.05, 0.1) is 0 Å². The van der Waals surface area contributed by atoms with Crippen molar-refractivity contribution in [1.29, 1.82) is 0 Å². The summed E-state index contributed by atoms with van der Waals surface area (Å²) in [4.78, 5) is 4.15. The molecule has 2 aromatic carbocycles. The van der Waals surface area contributed by atoms with Crippen LogP contribution in [0.1, 0.15) is 29.7 Å². The van der Waals surface area contributed by atoms with Gasteiger partial charge in [-0.1, -0.05) is 36.4 Å². The maximum atomic E-state index is 4.15. The van der Waals surface area contributed by atoms with Gasteiger partial charge in [0, 0.05) is 30.4 Å². The third-order valence-electron chi connectivity index (χ3n) is 3.97. The molecule has 0 saturated carbocycles. The van der Waals surface area contributed by atoms with Gasteiger partial charge in [-0.05, 0) is 48.1 Å². The van der Waals surface area contributed by atoms with Crippen molar-refractivity contribution in [1.82, 2.24) is 10.3 Å². The van der Waals surface area contributed by atoms with E-state index in [0.29, 0.717) is 6.04 Å². The van der Waals surface area contributed by atoms with Gasteiger partial charge >= 0.3 is 0 Å². The fourth-order valence-electron chi connectivity index (χ4n) is 2.70. The zero-order chi connectivity index (χ0) is 14.7. The van der Waals surface area contributed by atoms with E-state index in [4.69, 9.17) is 0 Å². The molecule has 0 radical (unpaired) electrons. The lowest BCUT2D eigenvalue weighted by molar-refractivity contribution is 0.572. The van der Waals surface area contributed by atoms with E-state index in [2.05, 4.69) is 72.7 Å². The molecule has 106 valence electrons. The van der Waals surface area contributed by atoms with Gasteiger partial charge in [-0.15, -0.1) is 0 Å². The van der Waals surface area contributed by atoms with Gasteiger partial charge < -0.3 is 5.32 Å². The minimum absolute atomic E-state index is 0.347. The fraction of sp³-hybridized carbons (Fsp3) is 0.211. The van der Waals surface area contributed by atoms with Gasteiger partial charge in [0.15, 0.2) is 0 Å². The molecule has 0 unspecified atom stereocenters. The summed E-state index contributed by atoms with van der Waals surface area (Å²) in [7, 11) is 0. The fourth-order valence-corrected chi connectivity index (χ4v) is 2.70. The molecule has 0 amide bonds. The third-order valence-corrected chi connectivity index (χ3v) is 3.97. The summed E-state index contributed by atoms with van der Waals surface area (Å²) in [5.41, 5.74) is 4.00. The number of nitrogens with one attached hydrogen (secondary N) is 1. The number of nitrogens with zero attached hydrogens (tertiary/aromatic N) is 1. The van der Waals surface area contributed by atoms with Gasteiger partial charge in [-0.25, -0.2) is 0 Å². The molecule has 0 spiro atoms. The number of hydrogen-bond donors (Lipinski definition) is 1. The molecule has 2 nitrogen and oxygen atoms in total. The van der Waals surface area contributed by atoms with Crippen LogP contribution in [0.5, 0.6) is 0 Å². The number of rotatable bonds is 4. The molecule has 0 aliphatic rings. The maximum absolute atomic E-state index is 4.15. The number of fused-ring (bicyclic) bond motifs is 1. The van der Waals surface area contributed by atoms with Crippen molar-refractivity contribution in [3.63, 3.8) is 0 Å². The average molecular weight is 276 g/mol. The highest BCUT2D eigenvalue weighted by atomic mass is 14.9. The molecule has 3 aromatic rings. The molecular weight excluding hydrogens is 256 g/mol. The van der Waals surface area contributed by atoms with Crippen molar-refractivity contribution in [2.24, 2.45) is 0 Å². The summed E-state index contributed by atoms with van der Waals surface area (Å²) in [5, 5.41) is 6.04. The van der Waals surface area contributed by atoms with Crippen molar-refractivity contribution >= 4 is 10.8 Å². The number of pyridine rings is 1. The Bertz CT molecular complexity index is 749. The standard InChI is InChI=1S/C19H20N2/c1-14-5-3-4-6-19(14)15(2)21-12-16-7-8-18-13-20-10-9-17(18)11-16/h3-11,13,15,21H,12H2,1-2H3/t15-/m0/s1. The van der Waals surface area contributed by atoms with Crippen molar-refractivity contribution in [3.8, 4) is 0 Å². The highest BCUT2D eigenvalue weighted by Crippen LogP contribution is 2.18. The lowest BCUT2D eigenvalue weighted by atomic mass is 10.0. The van der Waals surface area contributed by atoms with Crippen molar-refractivity contribution < 1.29 is 0 Å². The summed E-state index contributed by atoms with van der Waals surface area (Å²) in [6, 6.07) is 17.5. The highest BCUT2D eigenvalue weighted by Gasteiger charge is 2.07. The van der Waals surface area contributed by atoms with Crippen LogP contribution in [0.15, 0.2) is 60.9 Å². The lowest BCUT2D eigenvalue weighted by Crippen LogP contribution is -2.18. The van der Waals surface area contributed by atoms with Crippen LogP contribution in [0.4, 0.5) is 0 Å². The molecule has 1 N–H and O–H groups in total. The molecule has 3 rings (SSSR count). The molecule has 21 heavy (non-hydrogen) atoms. The summed E-state index contributed by atoms with van der Waals surface area (Å²) >= 11 is 0. The van der Waals surface area contributed by atoms with E-state index in [-0.39, 0.29) is 0 Å². The highest BCUT2D eigenvalue weighted by molar-refractivity contribution is 5.81. The molecule has 0 aliphatic carbocycles. The molecule has 1 heterocycles. The van der Waals surface area contributed by atoms with Crippen LogP contribution in [0, 0.1) is 6.92 Å². The minimum atomic E-state index is 0.347. The third kappa shape index (κ3) is 3.11. The van der Waals surface area contributed by atoms with E-state index in [0.717, 1.165) is 6.54 Å². The second kappa shape index (κ2) is 6.06. The first kappa shape index (κ1) is 13.8. The summed E-state index contributed by atoms with van der Waals surface area (Å²) in [6.07, 6.45) is 3.75. The van der Waals surface area contributed by atoms with E-state index in [1.807, 2.05) is 12.4 Å². The Morgan fingerprint density at radius 3 is 2.76 bits per heavy atom. The minimum Gasteiger partial charge on any atom is -0.306 e. The molecule has 0 bridgehead atoms. The second-order valence-electron chi connectivity index (χ2n) is 5.52. The summed E-state index contributed by atoms with van der Waals surface area (Å²) < 4.78 is 0. The van der Waals surface area contributed by atoms with E-state index >= 15 is 0 Å². The largest absolute Gasteiger partial charge is 0.306 e. The Hall–Kier alpha value is -2.19. The average Bonchev–Trinajstić information content (AvgIpc) is 2.53. The zero-order valence-corrected chi connectivity index (χ0v) is 12.5. The van der Waals surface area contributed by atoms with E-state index < -0.39 is 0 Å². The van der Waals surface area contributed by atoms with Gasteiger partial charge in [0.2, 0.25) is 0 Å². The monoisotopic (exact) mass is 276 g/mol. The maximum Gasteiger partial charge on any atom is 0.0346 e. The van der Waals surface area contributed by atoms with Gasteiger partial charge in [0.25, 0.3) is 0 Å². The first-order valence-electron chi connectivity index (χ1n) is 7.35. The Kier molecular flexibility index (Phi) is 3.98. The Balaban J connectivity index is 1.73. The smallest absolute Gasteiger partial charge is 0.0346 e. The van der Waals surface area contributed by atoms with E-state index in [1.54, 1.807) is 0 Å². The Morgan fingerprint density at radius 2 is 1.90 bits per heavy atom. The van der Waals surface area contributed by atoms with Crippen LogP contribution in [0.3, 0.4) is 0 Å². The van der Waals surface area contributed by atoms with Crippen molar-refractivity contribution in [2.45, 2.75) is 26.4 Å². The Labute approximate surface area is 125 Å². The topological polar surface area (TPSA) is 24.9 Å². The summed E-state index contributed by atoms with van der Waals surface area (Å²) in [6.45, 7) is 5.25. The van der Waals surface area contributed by atoms with Crippen LogP contribution in [0.25, 0.3) is 10.8 Å². The lowest BCUT2D eigenvalue weighted by Gasteiger charge is -2.16. The van der Waals surface area contributed by atoms with Crippen LogP contribution >= 0.6 is 0 Å². The van der Waals surface area contributed by atoms with Gasteiger partial charge in [0.1, 0.15) is 0 Å². The quantitative estimate of drug-likeness (QED) is 0.764. The van der Waals surface area contributed by atoms with Gasteiger partial charge in [-0.2, -0.15) is 0 Å². The van der Waals surface area contributed by atoms with Gasteiger partial charge in [-0.3, -0.25) is 4.98 Å². The molecule has 0 aliphatic heterocycles. The first-order chi connectivity index (χ1) is 10.2. The predicted molar refractivity (Wildman–Crippen MR) is 88.2 cm³/mol. The number of aryl methyl sites for hydroxylation is 1. The van der Waals surface area contributed by atoms with Crippen LogP contribution in [0.2, 0.25) is 0 Å². The second-order valence-corrected chi connectivity index (χ2v) is 5.52. The molecular formula is C19H20N2. The number of benzene rings is 2. The predicted octanol–water partition coefficient (Wildman–Crippen LogP) is 4.39. The van der Waals surface area contributed by atoms with E-state index in [1.165, 1.54) is 27.5 Å². The van der Waals surface area contributed by atoms with Crippen molar-refractivity contribution in [3.05, 3.63) is 77.6 Å². The number of aromatic nitrogens is 1. The summed E-state index contributed by atoms with van der Waals surface area (Å²) in [5.74, 6) is 0. The zero-order valence-electron chi connectivity index (χ0n) is 12.5. The molecule has 1 atom stereocenters.